The molecule has 2 aromatic rings. The minimum Gasteiger partial charge on any atom is -0.481 e. The largest absolute Gasteiger partial charge is 0.481 e. The van der Waals surface area contributed by atoms with Crippen LogP contribution in [0.3, 0.4) is 0 Å². The molecule has 3 nitrogen and oxygen atoms in total. The predicted molar refractivity (Wildman–Crippen MR) is 81.0 cm³/mol. The molecule has 0 radical (unpaired) electrons. The molecule has 2 aromatic carbocycles. The Morgan fingerprint density at radius 1 is 1.10 bits per heavy atom. The summed E-state index contributed by atoms with van der Waals surface area (Å²) >= 11 is 0. The molecule has 0 fully saturated rings. The summed E-state index contributed by atoms with van der Waals surface area (Å²) < 4.78 is 5.74. The van der Waals surface area contributed by atoms with Crippen molar-refractivity contribution in [1.29, 1.82) is 0 Å². The molecule has 1 atom stereocenters. The van der Waals surface area contributed by atoms with Gasteiger partial charge in [-0.15, -0.1) is 0 Å². The van der Waals surface area contributed by atoms with Gasteiger partial charge in [0.15, 0.2) is 6.10 Å². The van der Waals surface area contributed by atoms with Crippen LogP contribution in [0.2, 0.25) is 0 Å². The molecule has 0 aliphatic carbocycles. The fourth-order valence-corrected chi connectivity index (χ4v) is 1.85. The number of rotatable bonds is 5. The molecule has 0 unspecified atom stereocenters. The van der Waals surface area contributed by atoms with E-state index in [0.29, 0.717) is 12.2 Å². The van der Waals surface area contributed by atoms with Gasteiger partial charge in [0.1, 0.15) is 5.75 Å². The van der Waals surface area contributed by atoms with Crippen LogP contribution < -0.4 is 10.1 Å². The monoisotopic (exact) mass is 269 g/mol. The first kappa shape index (κ1) is 14.1. The van der Waals surface area contributed by atoms with Crippen LogP contribution in [0.25, 0.3) is 0 Å². The molecular weight excluding hydrogens is 250 g/mol. The van der Waals surface area contributed by atoms with Crippen LogP contribution >= 0.6 is 0 Å². The molecule has 0 aliphatic heterocycles. The lowest BCUT2D eigenvalue weighted by Gasteiger charge is -2.17. The standard InChI is InChI=1S/C17H19NO2/c1-3-16(20-15-11-9-13(2)10-12-15)17(19)18-14-7-5-4-6-8-14/h4-12,16H,3H2,1-2H3,(H,18,19)/t16-/m0/s1. The SMILES string of the molecule is CC[C@H](Oc1ccc(C)cc1)C(=O)Nc1ccccc1. The number of hydrogen-bond acceptors (Lipinski definition) is 2. The van der Waals surface area contributed by atoms with Crippen molar-refractivity contribution >= 4 is 11.6 Å². The average Bonchev–Trinajstić information content (AvgIpc) is 2.47. The zero-order valence-electron chi connectivity index (χ0n) is 11.8. The third-order valence-electron chi connectivity index (χ3n) is 3.00. The van der Waals surface area contributed by atoms with Crippen LogP contribution in [0.5, 0.6) is 5.75 Å². The zero-order chi connectivity index (χ0) is 14.4. The van der Waals surface area contributed by atoms with Gasteiger partial charge in [-0.3, -0.25) is 4.79 Å². The predicted octanol–water partition coefficient (Wildman–Crippen LogP) is 3.79. The molecule has 3 heteroatoms. The number of carbonyl (C=O) groups is 1. The molecule has 2 rings (SSSR count). The summed E-state index contributed by atoms with van der Waals surface area (Å²) in [7, 11) is 0. The molecule has 0 heterocycles. The van der Waals surface area contributed by atoms with Crippen molar-refractivity contribution in [2.24, 2.45) is 0 Å². The van der Waals surface area contributed by atoms with Crippen molar-refractivity contribution in [1.82, 2.24) is 0 Å². The summed E-state index contributed by atoms with van der Waals surface area (Å²) in [5.41, 5.74) is 1.95. The summed E-state index contributed by atoms with van der Waals surface area (Å²) in [6.07, 6.45) is 0.130. The van der Waals surface area contributed by atoms with Crippen LogP contribution in [0.1, 0.15) is 18.9 Å². The van der Waals surface area contributed by atoms with Crippen LogP contribution in [0.4, 0.5) is 5.69 Å². The highest BCUT2D eigenvalue weighted by Gasteiger charge is 2.18. The number of hydrogen-bond donors (Lipinski definition) is 1. The van der Waals surface area contributed by atoms with Crippen LogP contribution in [-0.4, -0.2) is 12.0 Å². The Bertz CT molecular complexity index is 549. The van der Waals surface area contributed by atoms with Gasteiger partial charge in [0.2, 0.25) is 0 Å². The summed E-state index contributed by atoms with van der Waals surface area (Å²) in [4.78, 5) is 12.2. The molecule has 1 amide bonds. The van der Waals surface area contributed by atoms with E-state index in [1.165, 1.54) is 5.56 Å². The van der Waals surface area contributed by atoms with Gasteiger partial charge in [-0.05, 0) is 37.6 Å². The Labute approximate surface area is 119 Å². The number of aryl methyl sites for hydroxylation is 1. The van der Waals surface area contributed by atoms with E-state index in [1.54, 1.807) is 0 Å². The van der Waals surface area contributed by atoms with Crippen molar-refractivity contribution in [3.8, 4) is 5.75 Å². The first-order chi connectivity index (χ1) is 9.69. The molecule has 20 heavy (non-hydrogen) atoms. The zero-order valence-corrected chi connectivity index (χ0v) is 11.8. The summed E-state index contributed by atoms with van der Waals surface area (Å²) in [5.74, 6) is 0.588. The molecule has 0 saturated carbocycles. The second-order valence-electron chi connectivity index (χ2n) is 4.68. The first-order valence-electron chi connectivity index (χ1n) is 6.78. The smallest absolute Gasteiger partial charge is 0.265 e. The number of nitrogens with one attached hydrogen (secondary N) is 1. The highest BCUT2D eigenvalue weighted by atomic mass is 16.5. The van der Waals surface area contributed by atoms with E-state index in [9.17, 15) is 4.79 Å². The Morgan fingerprint density at radius 2 is 1.75 bits per heavy atom. The molecule has 1 N–H and O–H groups in total. The summed E-state index contributed by atoms with van der Waals surface area (Å²) in [6, 6.07) is 17.1. The third kappa shape index (κ3) is 3.85. The van der Waals surface area contributed by atoms with E-state index in [1.807, 2.05) is 68.4 Å². The Morgan fingerprint density at radius 3 is 2.35 bits per heavy atom. The number of para-hydroxylation sites is 1. The number of carbonyl (C=O) groups excluding carboxylic acids is 1. The topological polar surface area (TPSA) is 38.3 Å². The highest BCUT2D eigenvalue weighted by Crippen LogP contribution is 2.16. The Balaban J connectivity index is 2.00. The van der Waals surface area contributed by atoms with E-state index in [0.717, 1.165) is 5.69 Å². The lowest BCUT2D eigenvalue weighted by atomic mass is 10.2. The fourth-order valence-electron chi connectivity index (χ4n) is 1.85. The second kappa shape index (κ2) is 6.75. The first-order valence-corrected chi connectivity index (χ1v) is 6.78. The summed E-state index contributed by atoms with van der Waals surface area (Å²) in [5, 5.41) is 2.86. The molecule has 0 aromatic heterocycles. The second-order valence-corrected chi connectivity index (χ2v) is 4.68. The lowest BCUT2D eigenvalue weighted by molar-refractivity contribution is -0.122. The van der Waals surface area contributed by atoms with Crippen molar-refractivity contribution < 1.29 is 9.53 Å². The molecule has 0 spiro atoms. The van der Waals surface area contributed by atoms with Gasteiger partial charge < -0.3 is 10.1 Å². The number of benzene rings is 2. The minimum absolute atomic E-state index is 0.126. The maximum absolute atomic E-state index is 12.2. The van der Waals surface area contributed by atoms with Crippen molar-refractivity contribution in [2.75, 3.05) is 5.32 Å². The Hall–Kier alpha value is -2.29. The van der Waals surface area contributed by atoms with Crippen molar-refractivity contribution in [3.05, 3.63) is 60.2 Å². The van der Waals surface area contributed by atoms with Gasteiger partial charge in [0.05, 0.1) is 0 Å². The molecule has 0 saturated heterocycles. The molecular formula is C17H19NO2. The van der Waals surface area contributed by atoms with E-state index < -0.39 is 6.10 Å². The van der Waals surface area contributed by atoms with Gasteiger partial charge in [-0.1, -0.05) is 42.8 Å². The van der Waals surface area contributed by atoms with Crippen LogP contribution in [-0.2, 0) is 4.79 Å². The lowest BCUT2D eigenvalue weighted by Crippen LogP contribution is -2.32. The summed E-state index contributed by atoms with van der Waals surface area (Å²) in [6.45, 7) is 3.95. The van der Waals surface area contributed by atoms with Crippen molar-refractivity contribution in [2.45, 2.75) is 26.4 Å². The van der Waals surface area contributed by atoms with E-state index in [-0.39, 0.29) is 5.91 Å². The number of anilines is 1. The average molecular weight is 269 g/mol. The van der Waals surface area contributed by atoms with Crippen molar-refractivity contribution in [3.63, 3.8) is 0 Å². The fraction of sp³-hybridized carbons (Fsp3) is 0.235. The van der Waals surface area contributed by atoms with Gasteiger partial charge in [0, 0.05) is 5.69 Å². The maximum Gasteiger partial charge on any atom is 0.265 e. The normalized spacial score (nSPS) is 11.7. The van der Waals surface area contributed by atoms with Gasteiger partial charge in [-0.25, -0.2) is 0 Å². The van der Waals surface area contributed by atoms with E-state index >= 15 is 0 Å². The third-order valence-corrected chi connectivity index (χ3v) is 3.00. The Kier molecular flexibility index (Phi) is 4.77. The molecule has 0 aliphatic rings. The van der Waals surface area contributed by atoms with Gasteiger partial charge in [-0.2, -0.15) is 0 Å². The highest BCUT2D eigenvalue weighted by molar-refractivity contribution is 5.94. The maximum atomic E-state index is 12.2. The molecule has 0 bridgehead atoms. The van der Waals surface area contributed by atoms with Crippen LogP contribution in [0.15, 0.2) is 54.6 Å². The van der Waals surface area contributed by atoms with Gasteiger partial charge in [0.25, 0.3) is 5.91 Å². The minimum atomic E-state index is -0.488. The number of amides is 1. The quantitative estimate of drug-likeness (QED) is 0.896. The van der Waals surface area contributed by atoms with E-state index in [2.05, 4.69) is 5.32 Å². The molecule has 104 valence electrons. The van der Waals surface area contributed by atoms with Crippen LogP contribution in [0, 0.1) is 6.92 Å². The van der Waals surface area contributed by atoms with Gasteiger partial charge >= 0.3 is 0 Å². The van der Waals surface area contributed by atoms with E-state index in [4.69, 9.17) is 4.74 Å². The number of ether oxygens (including phenoxy) is 1.